The average molecular weight is 535 g/mol. The fraction of sp³-hybridized carbons (Fsp3) is 0. The van der Waals surface area contributed by atoms with Crippen LogP contribution in [0.4, 0.5) is 0 Å². The molecule has 0 spiro atoms. The summed E-state index contributed by atoms with van der Waals surface area (Å²) in [6.45, 7) is 0. The van der Waals surface area contributed by atoms with E-state index in [9.17, 15) is 10.5 Å². The van der Waals surface area contributed by atoms with Gasteiger partial charge in [0.15, 0.2) is 0 Å². The summed E-state index contributed by atoms with van der Waals surface area (Å²) in [5.74, 6) is 0. The van der Waals surface area contributed by atoms with Gasteiger partial charge < -0.3 is 9.13 Å². The quantitative estimate of drug-likeness (QED) is 0.227. The zero-order valence-electron chi connectivity index (χ0n) is 22.5. The molecule has 0 saturated heterocycles. The smallest absolute Gasteiger partial charge is 0.0991 e. The van der Waals surface area contributed by atoms with Crippen LogP contribution in [0.25, 0.3) is 66.1 Å². The van der Waals surface area contributed by atoms with Gasteiger partial charge in [0, 0.05) is 38.5 Å². The molecule has 0 amide bonds. The second kappa shape index (κ2) is 9.24. The average Bonchev–Trinajstić information content (AvgIpc) is 3.57. The lowest BCUT2D eigenvalue weighted by Crippen LogP contribution is -1.95. The molecule has 2 aromatic heterocycles. The highest BCUT2D eigenvalue weighted by Crippen LogP contribution is 2.40. The predicted molar refractivity (Wildman–Crippen MR) is 170 cm³/mol. The van der Waals surface area contributed by atoms with Gasteiger partial charge in [0.05, 0.1) is 45.3 Å². The van der Waals surface area contributed by atoms with Crippen LogP contribution in [-0.4, -0.2) is 9.13 Å². The standard InChI is InChI=1S/C38H22N4/c39-23-25-13-17-29(18-14-25)41-36-19-15-26(24-40)21-33(36)34-22-27(16-20-37(34)41)30-10-6-11-32-31-9-4-5-12-35(31)42(38(30)32)28-7-2-1-3-8-28/h1-22H. The highest BCUT2D eigenvalue weighted by Gasteiger charge is 2.18. The first kappa shape index (κ1) is 23.8. The molecule has 0 radical (unpaired) electrons. The van der Waals surface area contributed by atoms with Crippen molar-refractivity contribution in [2.75, 3.05) is 0 Å². The highest BCUT2D eigenvalue weighted by molar-refractivity contribution is 6.15. The van der Waals surface area contributed by atoms with E-state index in [0.717, 1.165) is 49.8 Å². The molecule has 194 valence electrons. The van der Waals surface area contributed by atoms with Crippen LogP contribution in [0.15, 0.2) is 133 Å². The summed E-state index contributed by atoms with van der Waals surface area (Å²) in [6, 6.07) is 50.2. The Kier molecular flexibility index (Phi) is 5.22. The third-order valence-corrected chi connectivity index (χ3v) is 8.17. The van der Waals surface area contributed by atoms with E-state index in [1.807, 2.05) is 48.5 Å². The number of fused-ring (bicyclic) bond motifs is 6. The zero-order valence-corrected chi connectivity index (χ0v) is 22.5. The molecule has 0 unspecified atom stereocenters. The lowest BCUT2D eigenvalue weighted by Gasteiger charge is -2.12. The van der Waals surface area contributed by atoms with Crippen LogP contribution in [0.2, 0.25) is 0 Å². The van der Waals surface area contributed by atoms with E-state index < -0.39 is 0 Å². The van der Waals surface area contributed by atoms with E-state index >= 15 is 0 Å². The molecular weight excluding hydrogens is 512 g/mol. The van der Waals surface area contributed by atoms with E-state index in [1.54, 1.807) is 0 Å². The van der Waals surface area contributed by atoms with E-state index in [1.165, 1.54) is 16.3 Å². The molecule has 6 aromatic carbocycles. The van der Waals surface area contributed by atoms with Gasteiger partial charge in [-0.3, -0.25) is 0 Å². The van der Waals surface area contributed by atoms with Gasteiger partial charge in [-0.1, -0.05) is 60.7 Å². The number of nitriles is 2. The van der Waals surface area contributed by atoms with Gasteiger partial charge in [0.25, 0.3) is 0 Å². The van der Waals surface area contributed by atoms with E-state index in [2.05, 4.69) is 106 Å². The van der Waals surface area contributed by atoms with Crippen LogP contribution >= 0.6 is 0 Å². The molecule has 0 bridgehead atoms. The number of nitrogens with zero attached hydrogens (tertiary/aromatic N) is 4. The van der Waals surface area contributed by atoms with Crippen molar-refractivity contribution in [3.8, 4) is 34.6 Å². The molecule has 0 fully saturated rings. The summed E-state index contributed by atoms with van der Waals surface area (Å²) >= 11 is 0. The van der Waals surface area contributed by atoms with Crippen molar-refractivity contribution in [3.05, 3.63) is 145 Å². The Morgan fingerprint density at radius 2 is 1.05 bits per heavy atom. The number of hydrogen-bond acceptors (Lipinski definition) is 2. The Hall–Kier alpha value is -6.10. The monoisotopic (exact) mass is 534 g/mol. The molecule has 0 atom stereocenters. The molecule has 0 aliphatic rings. The van der Waals surface area contributed by atoms with Crippen LogP contribution in [0.1, 0.15) is 11.1 Å². The van der Waals surface area contributed by atoms with Gasteiger partial charge in [-0.2, -0.15) is 10.5 Å². The summed E-state index contributed by atoms with van der Waals surface area (Å²) < 4.78 is 4.57. The minimum Gasteiger partial charge on any atom is -0.309 e. The van der Waals surface area contributed by atoms with Crippen LogP contribution in [0.5, 0.6) is 0 Å². The normalized spacial score (nSPS) is 11.3. The van der Waals surface area contributed by atoms with Crippen LogP contribution in [-0.2, 0) is 0 Å². The molecule has 4 nitrogen and oxygen atoms in total. The molecule has 8 rings (SSSR count). The minimum atomic E-state index is 0.621. The number of para-hydroxylation sites is 3. The van der Waals surface area contributed by atoms with Gasteiger partial charge in [-0.05, 0) is 78.4 Å². The van der Waals surface area contributed by atoms with Crippen molar-refractivity contribution in [2.45, 2.75) is 0 Å². The maximum Gasteiger partial charge on any atom is 0.0991 e. The van der Waals surface area contributed by atoms with Gasteiger partial charge in [-0.15, -0.1) is 0 Å². The SMILES string of the molecule is N#Cc1ccc(-n2c3ccc(C#N)cc3c3cc(-c4cccc5c6ccccc6n(-c6ccccc6)c45)ccc32)cc1. The predicted octanol–water partition coefficient (Wildman–Crippen LogP) is 9.29. The largest absolute Gasteiger partial charge is 0.309 e. The topological polar surface area (TPSA) is 57.4 Å². The molecule has 0 N–H and O–H groups in total. The van der Waals surface area contributed by atoms with Crippen molar-refractivity contribution in [3.63, 3.8) is 0 Å². The number of hydrogen-bond donors (Lipinski definition) is 0. The fourth-order valence-corrected chi connectivity index (χ4v) is 6.32. The maximum absolute atomic E-state index is 9.72. The third-order valence-electron chi connectivity index (χ3n) is 8.17. The Bertz CT molecular complexity index is 2410. The maximum atomic E-state index is 9.72. The van der Waals surface area contributed by atoms with E-state index in [-0.39, 0.29) is 0 Å². The molecule has 0 aliphatic carbocycles. The molecular formula is C38H22N4. The van der Waals surface area contributed by atoms with Crippen molar-refractivity contribution in [1.82, 2.24) is 9.13 Å². The lowest BCUT2D eigenvalue weighted by molar-refractivity contribution is 1.18. The van der Waals surface area contributed by atoms with E-state index in [0.29, 0.717) is 11.1 Å². The summed E-state index contributed by atoms with van der Waals surface area (Å²) in [5, 5.41) is 23.6. The Morgan fingerprint density at radius 1 is 0.429 bits per heavy atom. The Morgan fingerprint density at radius 3 is 1.83 bits per heavy atom. The highest BCUT2D eigenvalue weighted by atomic mass is 15.0. The molecule has 42 heavy (non-hydrogen) atoms. The fourth-order valence-electron chi connectivity index (χ4n) is 6.32. The second-order valence-corrected chi connectivity index (χ2v) is 10.5. The molecule has 2 heterocycles. The summed E-state index contributed by atoms with van der Waals surface area (Å²) in [6.07, 6.45) is 0. The zero-order chi connectivity index (χ0) is 28.2. The molecule has 0 saturated carbocycles. The Labute approximate surface area is 242 Å². The van der Waals surface area contributed by atoms with Crippen LogP contribution in [0.3, 0.4) is 0 Å². The van der Waals surface area contributed by atoms with Crippen molar-refractivity contribution >= 4 is 43.6 Å². The van der Waals surface area contributed by atoms with Crippen LogP contribution in [0, 0.1) is 22.7 Å². The molecule has 4 heteroatoms. The Balaban J connectivity index is 1.45. The number of aromatic nitrogens is 2. The first-order valence-electron chi connectivity index (χ1n) is 13.8. The van der Waals surface area contributed by atoms with Crippen molar-refractivity contribution in [1.29, 1.82) is 10.5 Å². The van der Waals surface area contributed by atoms with Crippen molar-refractivity contribution in [2.24, 2.45) is 0 Å². The summed E-state index contributed by atoms with van der Waals surface area (Å²) in [5.41, 5.74) is 9.98. The summed E-state index contributed by atoms with van der Waals surface area (Å²) in [4.78, 5) is 0. The first-order valence-corrected chi connectivity index (χ1v) is 13.8. The summed E-state index contributed by atoms with van der Waals surface area (Å²) in [7, 11) is 0. The van der Waals surface area contributed by atoms with E-state index in [4.69, 9.17) is 0 Å². The van der Waals surface area contributed by atoms with Gasteiger partial charge >= 0.3 is 0 Å². The van der Waals surface area contributed by atoms with Gasteiger partial charge in [-0.25, -0.2) is 0 Å². The number of rotatable bonds is 3. The third kappa shape index (κ3) is 3.47. The molecule has 8 aromatic rings. The van der Waals surface area contributed by atoms with Crippen LogP contribution < -0.4 is 0 Å². The second-order valence-electron chi connectivity index (χ2n) is 10.5. The van der Waals surface area contributed by atoms with Crippen molar-refractivity contribution < 1.29 is 0 Å². The van der Waals surface area contributed by atoms with Gasteiger partial charge in [0.1, 0.15) is 0 Å². The minimum absolute atomic E-state index is 0.621. The number of benzene rings is 6. The lowest BCUT2D eigenvalue weighted by atomic mass is 9.99. The molecule has 0 aliphatic heterocycles. The first-order chi connectivity index (χ1) is 20.7. The van der Waals surface area contributed by atoms with Gasteiger partial charge in [0.2, 0.25) is 0 Å².